The van der Waals surface area contributed by atoms with Crippen LogP contribution < -0.4 is 10.2 Å². The van der Waals surface area contributed by atoms with Gasteiger partial charge in [0.1, 0.15) is 0 Å². The summed E-state index contributed by atoms with van der Waals surface area (Å²) >= 11 is 6.32. The zero-order valence-electron chi connectivity index (χ0n) is 12.8. The molecule has 3 nitrogen and oxygen atoms in total. The summed E-state index contributed by atoms with van der Waals surface area (Å²) in [6.45, 7) is 7.34. The van der Waals surface area contributed by atoms with E-state index < -0.39 is 17.0 Å². The fourth-order valence-corrected chi connectivity index (χ4v) is 2.21. The second-order valence-corrected chi connectivity index (χ2v) is 6.70. The predicted molar refractivity (Wildman–Crippen MR) is 82.1 cm³/mol. The molecule has 0 aromatic heterocycles. The molecule has 0 saturated heterocycles. The number of hydrogen-bond donors (Lipinski definition) is 1. The average Bonchev–Trinajstić information content (AvgIpc) is 2.40. The van der Waals surface area contributed by atoms with Crippen molar-refractivity contribution in [3.63, 3.8) is 0 Å². The molecule has 0 saturated carbocycles. The van der Waals surface area contributed by atoms with Crippen molar-refractivity contribution in [1.29, 1.82) is 0 Å². The summed E-state index contributed by atoms with van der Waals surface area (Å²) in [5, 5.41) is 10.5. The molecule has 1 heterocycles. The van der Waals surface area contributed by atoms with Crippen LogP contribution in [0.25, 0.3) is 0 Å². The quantitative estimate of drug-likeness (QED) is 0.869. The summed E-state index contributed by atoms with van der Waals surface area (Å²) in [6, 6.07) is 1.30. The molecule has 1 N–H and O–H groups in total. The molecule has 0 spiro atoms. The SMILES string of the molecule is CC(C)(O)C(C)(C)O[B]c1cc(F)c2c(c1Cl)CCCO2. The van der Waals surface area contributed by atoms with Gasteiger partial charge in [0.2, 0.25) is 0 Å². The molecule has 1 aromatic carbocycles. The molecule has 1 aliphatic rings. The van der Waals surface area contributed by atoms with Crippen molar-refractivity contribution in [3.05, 3.63) is 22.5 Å². The highest BCUT2D eigenvalue weighted by Gasteiger charge is 2.36. The fourth-order valence-electron chi connectivity index (χ4n) is 1.93. The van der Waals surface area contributed by atoms with E-state index in [0.29, 0.717) is 29.1 Å². The highest BCUT2D eigenvalue weighted by Crippen LogP contribution is 2.33. The molecule has 0 atom stereocenters. The Kier molecular flexibility index (Phi) is 4.57. The molecule has 115 valence electrons. The number of aliphatic hydroxyl groups is 1. The van der Waals surface area contributed by atoms with Gasteiger partial charge >= 0.3 is 7.48 Å². The Bertz CT molecular complexity index is 541. The maximum Gasteiger partial charge on any atom is 0.332 e. The van der Waals surface area contributed by atoms with E-state index in [9.17, 15) is 9.50 Å². The van der Waals surface area contributed by atoms with Gasteiger partial charge in [0, 0.05) is 10.6 Å². The van der Waals surface area contributed by atoms with Crippen molar-refractivity contribution in [2.45, 2.75) is 51.7 Å². The molecule has 0 amide bonds. The van der Waals surface area contributed by atoms with Crippen LogP contribution in [0.2, 0.25) is 5.02 Å². The van der Waals surface area contributed by atoms with E-state index in [1.54, 1.807) is 27.7 Å². The summed E-state index contributed by atoms with van der Waals surface area (Å²) in [5.74, 6) is -0.199. The monoisotopic (exact) mass is 313 g/mol. The summed E-state index contributed by atoms with van der Waals surface area (Å²) in [5.41, 5.74) is -0.750. The zero-order chi connectivity index (χ0) is 15.8. The van der Waals surface area contributed by atoms with Crippen LogP contribution in [0, 0.1) is 5.82 Å². The average molecular weight is 314 g/mol. The van der Waals surface area contributed by atoms with Gasteiger partial charge in [-0.1, -0.05) is 11.6 Å². The van der Waals surface area contributed by atoms with Gasteiger partial charge in [-0.05, 0) is 52.1 Å². The maximum atomic E-state index is 14.1. The first-order valence-electron chi connectivity index (χ1n) is 7.00. The number of rotatable bonds is 4. The highest BCUT2D eigenvalue weighted by molar-refractivity contribution is 6.54. The minimum Gasteiger partial charge on any atom is -0.490 e. The first-order valence-corrected chi connectivity index (χ1v) is 7.38. The summed E-state index contributed by atoms with van der Waals surface area (Å²) in [4.78, 5) is 0. The Morgan fingerprint density at radius 2 is 2.05 bits per heavy atom. The lowest BCUT2D eigenvalue weighted by Crippen LogP contribution is -2.49. The van der Waals surface area contributed by atoms with Crippen molar-refractivity contribution in [2.75, 3.05) is 6.61 Å². The summed E-state index contributed by atoms with van der Waals surface area (Å²) in [7, 11) is 1.40. The first-order chi connectivity index (χ1) is 9.63. The van der Waals surface area contributed by atoms with Gasteiger partial charge in [0.25, 0.3) is 0 Å². The molecule has 0 unspecified atom stereocenters. The number of hydrogen-bond acceptors (Lipinski definition) is 3. The third-order valence-corrected chi connectivity index (χ3v) is 4.51. The van der Waals surface area contributed by atoms with E-state index in [2.05, 4.69) is 0 Å². The lowest BCUT2D eigenvalue weighted by atomic mass is 9.81. The number of halogens is 2. The van der Waals surface area contributed by atoms with Crippen LogP contribution in [-0.4, -0.2) is 30.4 Å². The molecule has 21 heavy (non-hydrogen) atoms. The topological polar surface area (TPSA) is 38.7 Å². The second kappa shape index (κ2) is 5.78. The molecule has 2 rings (SSSR count). The Morgan fingerprint density at radius 3 is 2.67 bits per heavy atom. The second-order valence-electron chi connectivity index (χ2n) is 6.33. The van der Waals surface area contributed by atoms with Crippen LogP contribution in [-0.2, 0) is 11.1 Å². The molecule has 0 bridgehead atoms. The van der Waals surface area contributed by atoms with Crippen molar-refractivity contribution in [2.24, 2.45) is 0 Å². The van der Waals surface area contributed by atoms with Crippen LogP contribution in [0.4, 0.5) is 4.39 Å². The minimum absolute atomic E-state index is 0.241. The van der Waals surface area contributed by atoms with Crippen molar-refractivity contribution >= 4 is 24.5 Å². The van der Waals surface area contributed by atoms with Crippen LogP contribution in [0.5, 0.6) is 5.75 Å². The van der Waals surface area contributed by atoms with E-state index in [0.717, 1.165) is 6.42 Å². The van der Waals surface area contributed by atoms with E-state index in [1.807, 2.05) is 0 Å². The molecule has 1 aromatic rings. The van der Waals surface area contributed by atoms with Gasteiger partial charge in [-0.25, -0.2) is 4.39 Å². The predicted octanol–water partition coefficient (Wildman–Crippen LogP) is 2.61. The van der Waals surface area contributed by atoms with Crippen molar-refractivity contribution in [1.82, 2.24) is 0 Å². The Hall–Kier alpha value is -0.775. The largest absolute Gasteiger partial charge is 0.490 e. The lowest BCUT2D eigenvalue weighted by molar-refractivity contribution is -0.0893. The third-order valence-electron chi connectivity index (χ3n) is 4.06. The Labute approximate surface area is 130 Å². The molecular formula is C15H20BClFO3. The van der Waals surface area contributed by atoms with Crippen LogP contribution >= 0.6 is 11.6 Å². The van der Waals surface area contributed by atoms with Crippen molar-refractivity contribution < 1.29 is 18.9 Å². The van der Waals surface area contributed by atoms with E-state index in [4.69, 9.17) is 21.0 Å². The van der Waals surface area contributed by atoms with E-state index >= 15 is 0 Å². The standard InChI is InChI=1S/C15H20BClFO3/c1-14(2,19)15(3,4)21-16-10-8-11(18)13-9(12(10)17)6-5-7-20-13/h8,19H,5-7H2,1-4H3. The molecule has 1 radical (unpaired) electrons. The normalized spacial score (nSPS) is 15.4. The molecule has 0 aliphatic carbocycles. The summed E-state index contributed by atoms with van der Waals surface area (Å²) < 4.78 is 25.0. The number of ether oxygens (including phenoxy) is 1. The summed E-state index contributed by atoms with van der Waals surface area (Å²) in [6.07, 6.45) is 1.49. The maximum absolute atomic E-state index is 14.1. The van der Waals surface area contributed by atoms with Gasteiger partial charge < -0.3 is 14.5 Å². The zero-order valence-corrected chi connectivity index (χ0v) is 13.6. The number of fused-ring (bicyclic) bond motifs is 1. The fraction of sp³-hybridized carbons (Fsp3) is 0.600. The Balaban J connectivity index is 2.24. The van der Waals surface area contributed by atoms with E-state index in [1.165, 1.54) is 13.5 Å². The Morgan fingerprint density at radius 1 is 1.38 bits per heavy atom. The molecule has 0 fully saturated rings. The molecular weight excluding hydrogens is 293 g/mol. The van der Waals surface area contributed by atoms with Gasteiger partial charge in [-0.2, -0.15) is 0 Å². The van der Waals surface area contributed by atoms with Gasteiger partial charge in [-0.15, -0.1) is 0 Å². The first kappa shape index (κ1) is 16.6. The van der Waals surface area contributed by atoms with Gasteiger partial charge in [-0.3, -0.25) is 0 Å². The van der Waals surface area contributed by atoms with Crippen LogP contribution in [0.15, 0.2) is 6.07 Å². The van der Waals surface area contributed by atoms with Gasteiger partial charge in [0.05, 0.1) is 17.8 Å². The minimum atomic E-state index is -1.05. The van der Waals surface area contributed by atoms with Crippen LogP contribution in [0.3, 0.4) is 0 Å². The lowest BCUT2D eigenvalue weighted by Gasteiger charge is -2.37. The third kappa shape index (κ3) is 3.36. The molecule has 1 aliphatic heterocycles. The number of benzene rings is 1. The van der Waals surface area contributed by atoms with Crippen LogP contribution in [0.1, 0.15) is 39.7 Å². The van der Waals surface area contributed by atoms with Gasteiger partial charge in [0.15, 0.2) is 11.6 Å². The molecule has 6 heteroatoms. The van der Waals surface area contributed by atoms with E-state index in [-0.39, 0.29) is 5.75 Å². The smallest absolute Gasteiger partial charge is 0.332 e. The van der Waals surface area contributed by atoms with Crippen molar-refractivity contribution in [3.8, 4) is 5.75 Å². The highest BCUT2D eigenvalue weighted by atomic mass is 35.5.